The summed E-state index contributed by atoms with van der Waals surface area (Å²) in [6.45, 7) is 6.22. The molecule has 28 heavy (non-hydrogen) atoms. The Hall–Kier alpha value is -2.32. The predicted octanol–water partition coefficient (Wildman–Crippen LogP) is 1.11. The molecule has 1 aromatic carbocycles. The Labute approximate surface area is 164 Å². The van der Waals surface area contributed by atoms with Crippen molar-refractivity contribution < 1.29 is 23.8 Å². The quantitative estimate of drug-likeness (QED) is 0.831. The van der Waals surface area contributed by atoms with Crippen LogP contribution in [0.3, 0.4) is 0 Å². The normalized spacial score (nSPS) is 23.3. The minimum absolute atomic E-state index is 0.0735. The fourth-order valence-electron chi connectivity index (χ4n) is 3.84. The number of hydrogen-bond acceptors (Lipinski definition) is 6. The largest absolute Gasteiger partial charge is 0.486 e. The van der Waals surface area contributed by atoms with Gasteiger partial charge in [-0.25, -0.2) is 0 Å². The van der Waals surface area contributed by atoms with E-state index in [2.05, 4.69) is 10.2 Å². The molecule has 152 valence electrons. The first-order chi connectivity index (χ1) is 13.6. The summed E-state index contributed by atoms with van der Waals surface area (Å²) >= 11 is 0. The van der Waals surface area contributed by atoms with E-state index in [1.807, 2.05) is 24.0 Å². The third kappa shape index (κ3) is 4.07. The van der Waals surface area contributed by atoms with Gasteiger partial charge < -0.3 is 24.4 Å². The first-order valence-corrected chi connectivity index (χ1v) is 9.97. The van der Waals surface area contributed by atoms with Gasteiger partial charge in [0.25, 0.3) is 5.91 Å². The molecule has 2 unspecified atom stereocenters. The lowest BCUT2D eigenvalue weighted by molar-refractivity contribution is -0.143. The molecule has 8 nitrogen and oxygen atoms in total. The summed E-state index contributed by atoms with van der Waals surface area (Å²) in [6, 6.07) is 5.13. The molecule has 0 saturated carbocycles. The van der Waals surface area contributed by atoms with Crippen molar-refractivity contribution in [1.29, 1.82) is 0 Å². The first kappa shape index (κ1) is 19.0. The summed E-state index contributed by atoms with van der Waals surface area (Å²) in [7, 11) is 0. The Morgan fingerprint density at radius 2 is 1.82 bits per heavy atom. The molecule has 3 aliphatic rings. The molecular weight excluding hydrogens is 362 g/mol. The number of carbonyl (C=O) groups is 2. The summed E-state index contributed by atoms with van der Waals surface area (Å²) in [6.07, 6.45) is 1.49. The smallest absolute Gasteiger partial charge is 0.251 e. The van der Waals surface area contributed by atoms with Crippen LogP contribution in [0.4, 0.5) is 5.69 Å². The third-order valence-corrected chi connectivity index (χ3v) is 5.57. The summed E-state index contributed by atoms with van der Waals surface area (Å²) < 4.78 is 16.6. The molecule has 0 aromatic heterocycles. The van der Waals surface area contributed by atoms with E-state index >= 15 is 0 Å². The fraction of sp³-hybridized carbons (Fsp3) is 0.600. The lowest BCUT2D eigenvalue weighted by Crippen LogP contribution is -2.55. The van der Waals surface area contributed by atoms with E-state index in [1.165, 1.54) is 0 Å². The van der Waals surface area contributed by atoms with Crippen LogP contribution in [-0.2, 0) is 14.3 Å². The Morgan fingerprint density at radius 1 is 1.07 bits per heavy atom. The Balaban J connectivity index is 1.29. The minimum Gasteiger partial charge on any atom is -0.486 e. The van der Waals surface area contributed by atoms with Gasteiger partial charge in [-0.05, 0) is 31.9 Å². The average molecular weight is 389 g/mol. The predicted molar refractivity (Wildman–Crippen MR) is 103 cm³/mol. The van der Waals surface area contributed by atoms with Crippen LogP contribution in [0, 0.1) is 0 Å². The zero-order valence-corrected chi connectivity index (χ0v) is 16.2. The van der Waals surface area contributed by atoms with Crippen LogP contribution in [0.5, 0.6) is 11.5 Å². The average Bonchev–Trinajstić information content (AvgIpc) is 3.27. The van der Waals surface area contributed by atoms with Gasteiger partial charge in [-0.2, -0.15) is 0 Å². The maximum Gasteiger partial charge on any atom is 0.251 e. The van der Waals surface area contributed by atoms with E-state index in [-0.39, 0.29) is 24.0 Å². The van der Waals surface area contributed by atoms with Crippen molar-refractivity contribution in [3.63, 3.8) is 0 Å². The molecule has 0 radical (unpaired) electrons. The molecule has 1 aromatic rings. The van der Waals surface area contributed by atoms with Crippen LogP contribution < -0.4 is 14.8 Å². The van der Waals surface area contributed by atoms with Crippen LogP contribution in [0.15, 0.2) is 18.2 Å². The molecule has 2 atom stereocenters. The van der Waals surface area contributed by atoms with E-state index in [9.17, 15) is 9.59 Å². The topological polar surface area (TPSA) is 80.3 Å². The number of ether oxygens (including phenoxy) is 3. The van der Waals surface area contributed by atoms with Crippen LogP contribution in [0.25, 0.3) is 0 Å². The number of fused-ring (bicyclic) bond motifs is 1. The van der Waals surface area contributed by atoms with Gasteiger partial charge in [0.15, 0.2) is 11.5 Å². The van der Waals surface area contributed by atoms with Gasteiger partial charge in [0.05, 0.1) is 6.04 Å². The molecule has 2 saturated heterocycles. The number of hydrogen-bond donors (Lipinski definition) is 1. The number of amides is 2. The molecular formula is C20H27N3O5. The van der Waals surface area contributed by atoms with Gasteiger partial charge >= 0.3 is 0 Å². The molecule has 4 rings (SSSR count). The van der Waals surface area contributed by atoms with Crippen molar-refractivity contribution >= 4 is 17.5 Å². The monoisotopic (exact) mass is 389 g/mol. The summed E-state index contributed by atoms with van der Waals surface area (Å²) in [4.78, 5) is 29.1. The molecule has 3 heterocycles. The van der Waals surface area contributed by atoms with Crippen LogP contribution in [0.2, 0.25) is 0 Å². The van der Waals surface area contributed by atoms with E-state index in [4.69, 9.17) is 14.2 Å². The van der Waals surface area contributed by atoms with Crippen molar-refractivity contribution in [3.05, 3.63) is 18.2 Å². The van der Waals surface area contributed by atoms with Gasteiger partial charge in [-0.1, -0.05) is 0 Å². The highest BCUT2D eigenvalue weighted by Crippen LogP contribution is 2.32. The maximum absolute atomic E-state index is 12.7. The Morgan fingerprint density at radius 3 is 2.54 bits per heavy atom. The fourth-order valence-corrected chi connectivity index (χ4v) is 3.84. The third-order valence-electron chi connectivity index (χ3n) is 5.57. The van der Waals surface area contributed by atoms with Crippen LogP contribution >= 0.6 is 0 Å². The molecule has 0 aliphatic carbocycles. The molecule has 3 aliphatic heterocycles. The molecule has 8 heteroatoms. The van der Waals surface area contributed by atoms with Gasteiger partial charge in [0, 0.05) is 44.5 Å². The molecule has 2 fully saturated rings. The minimum atomic E-state index is -0.284. The van der Waals surface area contributed by atoms with Crippen molar-refractivity contribution in [3.8, 4) is 11.5 Å². The number of rotatable bonds is 4. The van der Waals surface area contributed by atoms with Crippen molar-refractivity contribution in [2.45, 2.75) is 31.9 Å². The van der Waals surface area contributed by atoms with Gasteiger partial charge in [-0.3, -0.25) is 14.5 Å². The number of carbonyl (C=O) groups excluding carboxylic acids is 2. The number of nitrogens with one attached hydrogen (secondary N) is 1. The zero-order valence-electron chi connectivity index (χ0n) is 16.2. The summed E-state index contributed by atoms with van der Waals surface area (Å²) in [5.41, 5.74) is 0.688. The number of anilines is 1. The van der Waals surface area contributed by atoms with E-state index in [0.717, 1.165) is 12.8 Å². The lowest BCUT2D eigenvalue weighted by Gasteiger charge is -2.38. The Bertz CT molecular complexity index is 727. The second-order valence-electron chi connectivity index (χ2n) is 7.39. The van der Waals surface area contributed by atoms with E-state index < -0.39 is 0 Å². The molecule has 0 bridgehead atoms. The van der Waals surface area contributed by atoms with Crippen LogP contribution in [0.1, 0.15) is 19.8 Å². The van der Waals surface area contributed by atoms with Crippen LogP contribution in [-0.4, -0.2) is 79.8 Å². The first-order valence-electron chi connectivity index (χ1n) is 9.97. The maximum atomic E-state index is 12.7. The van der Waals surface area contributed by atoms with Crippen molar-refractivity contribution in [1.82, 2.24) is 9.80 Å². The summed E-state index contributed by atoms with van der Waals surface area (Å²) in [5, 5.41) is 2.95. The SMILES string of the molecule is CC(C(=O)Nc1ccc2c(c1)OCCO2)N1CCN(C(=O)C2CCCO2)CC1. The lowest BCUT2D eigenvalue weighted by atomic mass is 10.1. The van der Waals surface area contributed by atoms with Crippen molar-refractivity contribution in [2.24, 2.45) is 0 Å². The van der Waals surface area contributed by atoms with Gasteiger partial charge in [0.1, 0.15) is 19.3 Å². The number of piperazine rings is 1. The van der Waals surface area contributed by atoms with Gasteiger partial charge in [0.2, 0.25) is 5.91 Å². The van der Waals surface area contributed by atoms with E-state index in [1.54, 1.807) is 6.07 Å². The zero-order chi connectivity index (χ0) is 19.5. The second-order valence-corrected chi connectivity index (χ2v) is 7.39. The summed E-state index contributed by atoms with van der Waals surface area (Å²) in [5.74, 6) is 1.36. The molecule has 2 amide bonds. The highest BCUT2D eigenvalue weighted by molar-refractivity contribution is 5.94. The molecule has 0 spiro atoms. The van der Waals surface area contributed by atoms with E-state index in [0.29, 0.717) is 63.2 Å². The standard InChI is InChI=1S/C20H27N3O5/c1-14(19(24)21-15-4-5-16-18(13-15)28-12-11-27-16)22-6-8-23(9-7-22)20(25)17-3-2-10-26-17/h4-5,13-14,17H,2-3,6-12H2,1H3,(H,21,24). The molecule has 1 N–H and O–H groups in total. The highest BCUT2D eigenvalue weighted by Gasteiger charge is 2.32. The highest BCUT2D eigenvalue weighted by atomic mass is 16.6. The Kier molecular flexibility index (Phi) is 5.68. The van der Waals surface area contributed by atoms with Crippen molar-refractivity contribution in [2.75, 3.05) is 51.3 Å². The number of benzene rings is 1. The van der Waals surface area contributed by atoms with Gasteiger partial charge in [-0.15, -0.1) is 0 Å². The second kappa shape index (κ2) is 8.36. The number of nitrogens with zero attached hydrogens (tertiary/aromatic N) is 2.